The van der Waals surface area contributed by atoms with Crippen LogP contribution in [0.25, 0.3) is 172 Å². The Hall–Kier alpha value is -13.8. The Morgan fingerprint density at radius 1 is 0.0878 bits per heavy atom. The minimum atomic E-state index is 1.31. The second-order valence-corrected chi connectivity index (χ2v) is 33.5. The van der Waals surface area contributed by atoms with Crippen molar-refractivity contribution in [2.45, 2.75) is 291 Å². The first kappa shape index (κ1) is 128. The summed E-state index contributed by atoms with van der Waals surface area (Å²) in [6, 6.07) is 132. The third kappa shape index (κ3) is 32.4. The predicted molar refractivity (Wildman–Crippen MR) is 690 cm³/mol. The summed E-state index contributed by atoms with van der Waals surface area (Å²) in [6.45, 7) is 86.3. The van der Waals surface area contributed by atoms with Crippen molar-refractivity contribution in [3.63, 3.8) is 0 Å². The molecule has 23 aromatic carbocycles. The van der Waals surface area contributed by atoms with Crippen molar-refractivity contribution in [3.05, 3.63) is 442 Å². The molecule has 0 aromatic heterocycles. The minimum Gasteiger partial charge on any atom is -0.0683 e. The van der Waals surface area contributed by atoms with E-state index in [2.05, 4.69) is 461 Å². The van der Waals surface area contributed by atoms with Gasteiger partial charge in [0.15, 0.2) is 0 Å². The molecule has 148 heavy (non-hydrogen) atoms. The molecule has 23 aromatic rings. The number of aryl methyl sites for hydroxylation is 14. The average molecular weight is 1970 g/mol. The summed E-state index contributed by atoms with van der Waals surface area (Å²) in [4.78, 5) is 0. The summed E-state index contributed by atoms with van der Waals surface area (Å²) in [6.07, 6.45) is 0. The summed E-state index contributed by atoms with van der Waals surface area (Å²) in [5.74, 6) is 0. The number of hydrogen-bond acceptors (Lipinski definition) is 0. The van der Waals surface area contributed by atoms with E-state index >= 15 is 0 Å². The summed E-state index contributed by atoms with van der Waals surface area (Å²) in [7, 11) is 0. The zero-order chi connectivity index (χ0) is 111. The largest absolute Gasteiger partial charge is 0.0683 e. The van der Waals surface area contributed by atoms with Crippen LogP contribution in [0.3, 0.4) is 0 Å². The van der Waals surface area contributed by atoms with Gasteiger partial charge in [-0.15, -0.1) is 0 Å². The van der Waals surface area contributed by atoms with Crippen LogP contribution in [0.2, 0.25) is 0 Å². The van der Waals surface area contributed by atoms with Gasteiger partial charge in [-0.25, -0.2) is 0 Å². The van der Waals surface area contributed by atoms with Crippen LogP contribution in [0.15, 0.2) is 364 Å². The summed E-state index contributed by atoms with van der Waals surface area (Å²) >= 11 is 0. The molecule has 0 amide bonds. The number of fused-ring (bicyclic) bond motifs is 25. The highest BCUT2D eigenvalue weighted by atomic mass is 14.2. The zero-order valence-electron chi connectivity index (χ0n) is 99.6. The van der Waals surface area contributed by atoms with E-state index in [1.807, 2.05) is 194 Å². The monoisotopic (exact) mass is 1960 g/mol. The molecule has 0 unspecified atom stereocenters. The van der Waals surface area contributed by atoms with Crippen LogP contribution in [0.5, 0.6) is 0 Å². The standard InChI is InChI=1S/2C20H16.5C16H14.14C2H6/c1-13-3-7-17-15(11-13)5-9-20-18-8-4-14(2)12-16(18)6-10-19(17)20;1-13-6-5-9-18-16(13)10-11-19-17-8-4-3-7-15(17)14(2)12-20(18)19;1-11-3-7-15-13(9-11)5-6-14-10-12(2)4-8-16(14)15;1-11-5-3-7-15-13(11)9-10-14-12(2)6-4-8-16(14)15;1-11-6-5-9-14-12(2)10-13-7-3-4-8-15(13)16(11)14;1-11-6-7-13-8-9-14-12(2)4-3-5-15(14)16(13)10-11;1-11-7-8-13-10-12(2)14-5-3-4-6-15(14)16(13)9-11;14*1-2/h2*3-12H,1-2H3;5*3-10H,1-2H3;14*1-2H3. The average Bonchev–Trinajstić information content (AvgIpc) is 0.742. The molecule has 778 valence electrons. The molecule has 0 fully saturated rings. The van der Waals surface area contributed by atoms with Gasteiger partial charge in [-0.1, -0.05) is 591 Å². The molecule has 0 aliphatic heterocycles. The smallest absolute Gasteiger partial charge is 0.00735 e. The third-order valence-electron chi connectivity index (χ3n) is 24.7. The molecule has 0 saturated carbocycles. The SMILES string of the molecule is CC.CC.CC.CC.CC.CC.CC.CC.CC.CC.CC.CC.CC.CC.Cc1cc2c3cccc(C)c3ccc2c2ccccc12.Cc1cc2ccccc2c2c(C)cccc12.Cc1ccc2c(ccc3c4ccc(C)cc4ccc23)c1.Cc1ccc2c(ccc3cc(C)ccc32)c1.Cc1ccc2cc(C)c3ccccc3c2c1.Cc1ccc2ccc3c(C)cccc3c2c1.Cc1cccc2c1ccc1c(C)cccc12. The lowest BCUT2D eigenvalue weighted by Gasteiger charge is -2.11. The fourth-order valence-electron chi connectivity index (χ4n) is 18.4. The lowest BCUT2D eigenvalue weighted by atomic mass is 9.93. The van der Waals surface area contributed by atoms with E-state index in [1.54, 1.807) is 0 Å². The lowest BCUT2D eigenvalue weighted by molar-refractivity contribution is 1.50. The molecular weight excluding hydrogens is 1780 g/mol. The van der Waals surface area contributed by atoms with Crippen LogP contribution in [0.4, 0.5) is 0 Å². The van der Waals surface area contributed by atoms with Crippen molar-refractivity contribution in [3.8, 4) is 0 Å². The Morgan fingerprint density at radius 2 is 0.264 bits per heavy atom. The van der Waals surface area contributed by atoms with E-state index in [0.717, 1.165) is 0 Å². The maximum absolute atomic E-state index is 2.33. The van der Waals surface area contributed by atoms with E-state index in [0.29, 0.717) is 0 Å². The van der Waals surface area contributed by atoms with Crippen molar-refractivity contribution in [1.82, 2.24) is 0 Å². The third-order valence-corrected chi connectivity index (χ3v) is 24.7. The topological polar surface area (TPSA) is 0 Å². The molecule has 0 aliphatic rings. The quantitative estimate of drug-likeness (QED) is 0.133. The number of hydrogen-bond donors (Lipinski definition) is 0. The Kier molecular flexibility index (Phi) is 59.5. The van der Waals surface area contributed by atoms with Crippen molar-refractivity contribution in [2.75, 3.05) is 0 Å². The van der Waals surface area contributed by atoms with E-state index in [-0.39, 0.29) is 0 Å². The molecule has 0 radical (unpaired) electrons. The van der Waals surface area contributed by atoms with Gasteiger partial charge < -0.3 is 0 Å². The van der Waals surface area contributed by atoms with Gasteiger partial charge in [0.1, 0.15) is 0 Å². The highest BCUT2D eigenvalue weighted by Gasteiger charge is 2.13. The lowest BCUT2D eigenvalue weighted by Crippen LogP contribution is -1.85. The van der Waals surface area contributed by atoms with Crippen molar-refractivity contribution < 1.29 is 0 Å². The molecule has 0 atom stereocenters. The second-order valence-electron chi connectivity index (χ2n) is 33.5. The van der Waals surface area contributed by atoms with E-state index in [9.17, 15) is 0 Å². The maximum atomic E-state index is 2.33. The molecule has 0 spiro atoms. The predicted octanol–water partition coefficient (Wildman–Crippen LogP) is 48.9. The molecular formula is C148H186. The van der Waals surface area contributed by atoms with E-state index < -0.39 is 0 Å². The molecule has 0 aliphatic carbocycles. The normalized spacial score (nSPS) is 9.69. The zero-order valence-corrected chi connectivity index (χ0v) is 99.6. The first-order valence-corrected chi connectivity index (χ1v) is 56.3. The molecule has 0 heterocycles. The highest BCUT2D eigenvalue weighted by molar-refractivity contribution is 6.20. The molecule has 0 nitrogen and oxygen atoms in total. The highest BCUT2D eigenvalue weighted by Crippen LogP contribution is 2.39. The van der Waals surface area contributed by atoms with E-state index in [1.165, 1.54) is 250 Å². The van der Waals surface area contributed by atoms with Crippen LogP contribution in [0.1, 0.15) is 272 Å². The fraction of sp³-hybridized carbons (Fsp3) is 0.284. The van der Waals surface area contributed by atoms with Crippen molar-refractivity contribution in [1.29, 1.82) is 0 Å². The molecule has 0 heteroatoms. The molecule has 23 rings (SSSR count). The van der Waals surface area contributed by atoms with Gasteiger partial charge in [0, 0.05) is 0 Å². The fourth-order valence-corrected chi connectivity index (χ4v) is 18.4. The van der Waals surface area contributed by atoms with Gasteiger partial charge in [0.2, 0.25) is 0 Å². The van der Waals surface area contributed by atoms with Gasteiger partial charge in [-0.05, 0) is 314 Å². The van der Waals surface area contributed by atoms with E-state index in [4.69, 9.17) is 0 Å². The van der Waals surface area contributed by atoms with Gasteiger partial charge in [-0.2, -0.15) is 0 Å². The van der Waals surface area contributed by atoms with Gasteiger partial charge >= 0.3 is 0 Å². The Labute approximate surface area is 898 Å². The molecule has 0 saturated heterocycles. The Bertz CT molecular complexity index is 7620. The first-order chi connectivity index (χ1) is 72.3. The van der Waals surface area contributed by atoms with Crippen LogP contribution in [-0.4, -0.2) is 0 Å². The molecule has 0 bridgehead atoms. The van der Waals surface area contributed by atoms with Gasteiger partial charge in [0.25, 0.3) is 0 Å². The minimum absolute atomic E-state index is 1.31. The van der Waals surface area contributed by atoms with Crippen molar-refractivity contribution >= 4 is 172 Å². The van der Waals surface area contributed by atoms with Crippen LogP contribution in [-0.2, 0) is 0 Å². The van der Waals surface area contributed by atoms with Crippen molar-refractivity contribution in [2.24, 2.45) is 0 Å². The van der Waals surface area contributed by atoms with Crippen LogP contribution >= 0.6 is 0 Å². The summed E-state index contributed by atoms with van der Waals surface area (Å²) < 4.78 is 0. The second kappa shape index (κ2) is 68.6. The molecule has 0 N–H and O–H groups in total. The van der Waals surface area contributed by atoms with Gasteiger partial charge in [-0.3, -0.25) is 0 Å². The number of benzene rings is 23. The Balaban J connectivity index is 0.000000426. The van der Waals surface area contributed by atoms with Crippen LogP contribution in [0, 0.1) is 96.9 Å². The number of rotatable bonds is 0. The summed E-state index contributed by atoms with van der Waals surface area (Å²) in [5.41, 5.74) is 18.7. The Morgan fingerprint density at radius 3 is 0.622 bits per heavy atom. The maximum Gasteiger partial charge on any atom is -0.00735 e. The summed E-state index contributed by atoms with van der Waals surface area (Å²) in [5, 5.41) is 43.3. The first-order valence-electron chi connectivity index (χ1n) is 56.3. The van der Waals surface area contributed by atoms with Crippen LogP contribution < -0.4 is 0 Å². The van der Waals surface area contributed by atoms with Gasteiger partial charge in [0.05, 0.1) is 0 Å².